The third kappa shape index (κ3) is 3.14. The molecule has 2 rings (SSSR count). The summed E-state index contributed by atoms with van der Waals surface area (Å²) in [5.41, 5.74) is 6.95. The van der Waals surface area contributed by atoms with Crippen molar-refractivity contribution in [2.24, 2.45) is 5.73 Å². The smallest absolute Gasteiger partial charge is 0.217 e. The van der Waals surface area contributed by atoms with Crippen molar-refractivity contribution in [2.45, 2.75) is 19.4 Å². The van der Waals surface area contributed by atoms with Gasteiger partial charge in [0, 0.05) is 37.1 Å². The first-order chi connectivity index (χ1) is 8.25. The highest BCUT2D eigenvalue weighted by atomic mass is 16.1. The highest BCUT2D eigenvalue weighted by molar-refractivity contribution is 5.73. The van der Waals surface area contributed by atoms with Crippen LogP contribution in [0.25, 0.3) is 11.3 Å². The summed E-state index contributed by atoms with van der Waals surface area (Å²) < 4.78 is 1.81. The van der Waals surface area contributed by atoms with Gasteiger partial charge in [-0.05, 0) is 24.6 Å². The molecule has 0 saturated carbocycles. The van der Waals surface area contributed by atoms with E-state index in [2.05, 4.69) is 10.1 Å². The molecule has 0 unspecified atom stereocenters. The van der Waals surface area contributed by atoms with Crippen molar-refractivity contribution in [2.75, 3.05) is 0 Å². The Morgan fingerprint density at radius 3 is 3.00 bits per heavy atom. The fraction of sp³-hybridized carbons (Fsp3) is 0.250. The molecule has 2 aromatic heterocycles. The highest BCUT2D eigenvalue weighted by Gasteiger charge is 2.02. The Balaban J connectivity index is 1.99. The SMILES string of the molecule is NC(=O)CCCn1ccc(-c2cccnc2)n1. The first kappa shape index (κ1) is 11.3. The number of amides is 1. The molecule has 1 amide bonds. The van der Waals surface area contributed by atoms with Crippen LogP contribution in [0.15, 0.2) is 36.8 Å². The van der Waals surface area contributed by atoms with Gasteiger partial charge in [-0.25, -0.2) is 0 Å². The molecule has 2 N–H and O–H groups in total. The lowest BCUT2D eigenvalue weighted by molar-refractivity contribution is -0.118. The monoisotopic (exact) mass is 230 g/mol. The Hall–Kier alpha value is -2.17. The molecule has 0 bridgehead atoms. The first-order valence-corrected chi connectivity index (χ1v) is 5.48. The van der Waals surface area contributed by atoms with Gasteiger partial charge in [-0.15, -0.1) is 0 Å². The molecule has 0 atom stereocenters. The fourth-order valence-electron chi connectivity index (χ4n) is 1.57. The van der Waals surface area contributed by atoms with Gasteiger partial charge in [0.1, 0.15) is 0 Å². The number of nitrogens with two attached hydrogens (primary N) is 1. The molecule has 5 heteroatoms. The topological polar surface area (TPSA) is 73.8 Å². The predicted octanol–water partition coefficient (Wildman–Crippen LogP) is 1.21. The van der Waals surface area contributed by atoms with E-state index in [4.69, 9.17) is 5.73 Å². The molecule has 0 aliphatic heterocycles. The third-order valence-electron chi connectivity index (χ3n) is 2.41. The van der Waals surface area contributed by atoms with Gasteiger partial charge in [-0.3, -0.25) is 14.5 Å². The number of aromatic nitrogens is 3. The number of hydrogen-bond donors (Lipinski definition) is 1. The molecule has 88 valence electrons. The Morgan fingerprint density at radius 2 is 2.29 bits per heavy atom. The number of carbonyl (C=O) groups excluding carboxylic acids is 1. The summed E-state index contributed by atoms with van der Waals surface area (Å²) in [4.78, 5) is 14.6. The summed E-state index contributed by atoms with van der Waals surface area (Å²) in [6.45, 7) is 0.698. The number of aryl methyl sites for hydroxylation is 1. The van der Waals surface area contributed by atoms with Crippen LogP contribution in [0.3, 0.4) is 0 Å². The van der Waals surface area contributed by atoms with Gasteiger partial charge >= 0.3 is 0 Å². The van der Waals surface area contributed by atoms with Crippen molar-refractivity contribution >= 4 is 5.91 Å². The standard InChI is InChI=1S/C12H14N4O/c13-12(17)4-2-7-16-8-5-11(15-16)10-3-1-6-14-9-10/h1,3,5-6,8-9H,2,4,7H2,(H2,13,17). The van der Waals surface area contributed by atoms with Crippen LogP contribution in [-0.4, -0.2) is 20.7 Å². The minimum Gasteiger partial charge on any atom is -0.370 e. The fourth-order valence-corrected chi connectivity index (χ4v) is 1.57. The van der Waals surface area contributed by atoms with Crippen LogP contribution in [0.4, 0.5) is 0 Å². The van der Waals surface area contributed by atoms with Crippen molar-refractivity contribution in [1.29, 1.82) is 0 Å². The minimum atomic E-state index is -0.273. The average Bonchev–Trinajstić information content (AvgIpc) is 2.78. The number of pyridine rings is 1. The van der Waals surface area contributed by atoms with Crippen LogP contribution < -0.4 is 5.73 Å². The summed E-state index contributed by atoms with van der Waals surface area (Å²) in [7, 11) is 0. The maximum absolute atomic E-state index is 10.6. The van der Waals surface area contributed by atoms with Gasteiger partial charge in [0.2, 0.25) is 5.91 Å². The van der Waals surface area contributed by atoms with E-state index in [1.54, 1.807) is 12.4 Å². The Morgan fingerprint density at radius 1 is 1.41 bits per heavy atom. The van der Waals surface area contributed by atoms with Crippen LogP contribution in [-0.2, 0) is 11.3 Å². The van der Waals surface area contributed by atoms with E-state index < -0.39 is 0 Å². The van der Waals surface area contributed by atoms with Crippen molar-refractivity contribution in [1.82, 2.24) is 14.8 Å². The van der Waals surface area contributed by atoms with Crippen molar-refractivity contribution < 1.29 is 4.79 Å². The molecule has 0 radical (unpaired) electrons. The summed E-state index contributed by atoms with van der Waals surface area (Å²) in [6.07, 6.45) is 6.50. The first-order valence-electron chi connectivity index (χ1n) is 5.48. The number of rotatable bonds is 5. The summed E-state index contributed by atoms with van der Waals surface area (Å²) in [5, 5.41) is 4.40. The van der Waals surface area contributed by atoms with E-state index in [0.717, 1.165) is 11.3 Å². The number of primary amides is 1. The minimum absolute atomic E-state index is 0.273. The molecule has 2 heterocycles. The van der Waals surface area contributed by atoms with Crippen molar-refractivity contribution in [3.8, 4) is 11.3 Å². The summed E-state index contributed by atoms with van der Waals surface area (Å²) >= 11 is 0. The van der Waals surface area contributed by atoms with Gasteiger partial charge in [0.15, 0.2) is 0 Å². The maximum Gasteiger partial charge on any atom is 0.217 e. The van der Waals surface area contributed by atoms with E-state index in [0.29, 0.717) is 19.4 Å². The van der Waals surface area contributed by atoms with E-state index in [-0.39, 0.29) is 5.91 Å². The second kappa shape index (κ2) is 5.25. The van der Waals surface area contributed by atoms with E-state index >= 15 is 0 Å². The van der Waals surface area contributed by atoms with E-state index in [1.807, 2.05) is 29.1 Å². The maximum atomic E-state index is 10.6. The molecule has 0 aliphatic rings. The summed E-state index contributed by atoms with van der Waals surface area (Å²) in [6, 6.07) is 5.77. The number of carbonyl (C=O) groups is 1. The summed E-state index contributed by atoms with van der Waals surface area (Å²) in [5.74, 6) is -0.273. The Bertz CT molecular complexity index is 492. The zero-order chi connectivity index (χ0) is 12.1. The van der Waals surface area contributed by atoms with Gasteiger partial charge in [0.25, 0.3) is 0 Å². The average molecular weight is 230 g/mol. The largest absolute Gasteiger partial charge is 0.370 e. The zero-order valence-corrected chi connectivity index (χ0v) is 9.41. The van der Waals surface area contributed by atoms with Crippen LogP contribution in [0.1, 0.15) is 12.8 Å². The Kier molecular flexibility index (Phi) is 3.49. The lowest BCUT2D eigenvalue weighted by atomic mass is 10.2. The Labute approximate surface area is 99.3 Å². The molecule has 0 aromatic carbocycles. The molecule has 0 spiro atoms. The molecule has 2 aromatic rings. The molecule has 17 heavy (non-hydrogen) atoms. The van der Waals surface area contributed by atoms with Crippen molar-refractivity contribution in [3.63, 3.8) is 0 Å². The lowest BCUT2D eigenvalue weighted by Gasteiger charge is -1.99. The number of hydrogen-bond acceptors (Lipinski definition) is 3. The molecule has 0 aliphatic carbocycles. The molecule has 0 fully saturated rings. The normalized spacial score (nSPS) is 10.4. The van der Waals surface area contributed by atoms with Gasteiger partial charge in [-0.2, -0.15) is 5.10 Å². The highest BCUT2D eigenvalue weighted by Crippen LogP contribution is 2.14. The quantitative estimate of drug-likeness (QED) is 0.839. The molecule has 5 nitrogen and oxygen atoms in total. The lowest BCUT2D eigenvalue weighted by Crippen LogP contribution is -2.11. The van der Waals surface area contributed by atoms with Crippen LogP contribution in [0.5, 0.6) is 0 Å². The van der Waals surface area contributed by atoms with Gasteiger partial charge < -0.3 is 5.73 Å². The van der Waals surface area contributed by atoms with Crippen LogP contribution in [0, 0.1) is 0 Å². The van der Waals surface area contributed by atoms with Crippen LogP contribution >= 0.6 is 0 Å². The van der Waals surface area contributed by atoms with Gasteiger partial charge in [0.05, 0.1) is 5.69 Å². The number of nitrogens with zero attached hydrogens (tertiary/aromatic N) is 3. The van der Waals surface area contributed by atoms with Crippen molar-refractivity contribution in [3.05, 3.63) is 36.8 Å². The molecular weight excluding hydrogens is 216 g/mol. The molecule has 0 saturated heterocycles. The zero-order valence-electron chi connectivity index (χ0n) is 9.41. The predicted molar refractivity (Wildman–Crippen MR) is 63.9 cm³/mol. The molecular formula is C12H14N4O. The third-order valence-corrected chi connectivity index (χ3v) is 2.41. The van der Waals surface area contributed by atoms with Gasteiger partial charge in [-0.1, -0.05) is 0 Å². The van der Waals surface area contributed by atoms with E-state index in [9.17, 15) is 4.79 Å². The van der Waals surface area contributed by atoms with Crippen LogP contribution in [0.2, 0.25) is 0 Å². The second-order valence-electron chi connectivity index (χ2n) is 3.78. The second-order valence-corrected chi connectivity index (χ2v) is 3.78. The van der Waals surface area contributed by atoms with E-state index in [1.165, 1.54) is 0 Å².